The standard InChI is InChI=1S/C29H32N2O6S/c1-7-16-30(20(2)17-28(32)36-5)24-13-14-25(23-11-9-8-10-22(23)24)31(19-29(33)37-6)38-21-12-15-26(34-3)27(18-21)35-4/h1,8-15,18,20H,16-17,19H2,2-6H3. The van der Waals surface area contributed by atoms with Crippen LogP contribution in [0.3, 0.4) is 0 Å². The highest BCUT2D eigenvalue weighted by Gasteiger charge is 2.23. The quantitative estimate of drug-likeness (QED) is 0.182. The number of carbonyl (C=O) groups is 2. The maximum absolute atomic E-state index is 12.4. The molecule has 0 heterocycles. The van der Waals surface area contributed by atoms with E-state index in [1.807, 2.05) is 70.7 Å². The highest BCUT2D eigenvalue weighted by molar-refractivity contribution is 8.00. The van der Waals surface area contributed by atoms with Crippen molar-refractivity contribution in [2.24, 2.45) is 0 Å². The predicted molar refractivity (Wildman–Crippen MR) is 151 cm³/mol. The number of fused-ring (bicyclic) bond motifs is 1. The van der Waals surface area contributed by atoms with Crippen LogP contribution in [0.25, 0.3) is 10.8 Å². The minimum Gasteiger partial charge on any atom is -0.493 e. The van der Waals surface area contributed by atoms with Crippen molar-refractivity contribution in [3.63, 3.8) is 0 Å². The number of hydrogen-bond acceptors (Lipinski definition) is 9. The summed E-state index contributed by atoms with van der Waals surface area (Å²) in [6, 6.07) is 17.2. The number of ether oxygens (including phenoxy) is 4. The summed E-state index contributed by atoms with van der Waals surface area (Å²) in [6.07, 6.45) is 5.89. The largest absolute Gasteiger partial charge is 0.493 e. The monoisotopic (exact) mass is 536 g/mol. The molecule has 1 atom stereocenters. The molecule has 200 valence electrons. The average molecular weight is 537 g/mol. The van der Waals surface area contributed by atoms with Crippen molar-refractivity contribution >= 4 is 46.0 Å². The van der Waals surface area contributed by atoms with E-state index in [0.29, 0.717) is 18.0 Å². The van der Waals surface area contributed by atoms with E-state index in [2.05, 4.69) is 5.92 Å². The number of terminal acetylenes is 1. The van der Waals surface area contributed by atoms with Crippen LogP contribution in [0.5, 0.6) is 11.5 Å². The van der Waals surface area contributed by atoms with Crippen LogP contribution < -0.4 is 18.7 Å². The lowest BCUT2D eigenvalue weighted by molar-refractivity contribution is -0.141. The van der Waals surface area contributed by atoms with Crippen LogP contribution in [0.15, 0.2) is 59.5 Å². The van der Waals surface area contributed by atoms with Gasteiger partial charge in [0.25, 0.3) is 0 Å². The van der Waals surface area contributed by atoms with Gasteiger partial charge in [-0.2, -0.15) is 0 Å². The fraction of sp³-hybridized carbons (Fsp3) is 0.310. The Morgan fingerprint density at radius 3 is 2.13 bits per heavy atom. The maximum atomic E-state index is 12.4. The summed E-state index contributed by atoms with van der Waals surface area (Å²) in [4.78, 5) is 27.3. The first-order valence-electron chi connectivity index (χ1n) is 11.9. The Balaban J connectivity index is 2.10. The molecule has 0 aliphatic heterocycles. The number of methoxy groups -OCH3 is 4. The van der Waals surface area contributed by atoms with Gasteiger partial charge in [-0.15, -0.1) is 6.42 Å². The SMILES string of the molecule is C#CCN(c1ccc(N(CC(=O)OC)Sc2ccc(OC)c(OC)c2)c2ccccc12)C(C)CC(=O)OC. The van der Waals surface area contributed by atoms with Gasteiger partial charge in [0.15, 0.2) is 11.5 Å². The molecule has 0 aromatic heterocycles. The first kappa shape index (κ1) is 28.5. The lowest BCUT2D eigenvalue weighted by Crippen LogP contribution is -2.35. The third kappa shape index (κ3) is 6.64. The molecule has 0 aliphatic rings. The van der Waals surface area contributed by atoms with Crippen LogP contribution in [0.1, 0.15) is 13.3 Å². The lowest BCUT2D eigenvalue weighted by Gasteiger charge is -2.31. The van der Waals surface area contributed by atoms with Gasteiger partial charge in [-0.1, -0.05) is 30.2 Å². The van der Waals surface area contributed by atoms with Gasteiger partial charge in [0, 0.05) is 27.4 Å². The summed E-state index contributed by atoms with van der Waals surface area (Å²) in [7, 11) is 5.89. The second-order valence-electron chi connectivity index (χ2n) is 8.33. The van der Waals surface area contributed by atoms with Crippen molar-refractivity contribution in [1.29, 1.82) is 0 Å². The molecule has 0 bridgehead atoms. The molecule has 0 radical (unpaired) electrons. The Bertz CT molecular complexity index is 1320. The summed E-state index contributed by atoms with van der Waals surface area (Å²) in [5, 5.41) is 1.84. The molecule has 0 amide bonds. The lowest BCUT2D eigenvalue weighted by atomic mass is 10.0. The molecule has 0 aliphatic carbocycles. The molecule has 3 aromatic carbocycles. The molecular formula is C29H32N2O6S. The number of anilines is 2. The maximum Gasteiger partial charge on any atom is 0.326 e. The number of nitrogens with zero attached hydrogens (tertiary/aromatic N) is 2. The second-order valence-corrected chi connectivity index (χ2v) is 9.43. The van der Waals surface area contributed by atoms with E-state index < -0.39 is 0 Å². The summed E-state index contributed by atoms with van der Waals surface area (Å²) < 4.78 is 22.6. The van der Waals surface area contributed by atoms with E-state index in [1.54, 1.807) is 14.2 Å². The third-order valence-corrected chi connectivity index (χ3v) is 7.02. The van der Waals surface area contributed by atoms with E-state index in [1.165, 1.54) is 26.2 Å². The van der Waals surface area contributed by atoms with E-state index in [-0.39, 0.29) is 30.9 Å². The van der Waals surface area contributed by atoms with Crippen LogP contribution in [0, 0.1) is 12.3 Å². The normalized spacial score (nSPS) is 11.3. The highest BCUT2D eigenvalue weighted by atomic mass is 32.2. The first-order chi connectivity index (χ1) is 18.4. The number of benzene rings is 3. The van der Waals surface area contributed by atoms with Crippen LogP contribution >= 0.6 is 11.9 Å². The van der Waals surface area contributed by atoms with Gasteiger partial charge >= 0.3 is 11.9 Å². The van der Waals surface area contributed by atoms with Gasteiger partial charge in [0.05, 0.1) is 47.1 Å². The Morgan fingerprint density at radius 2 is 1.53 bits per heavy atom. The number of rotatable bonds is 12. The van der Waals surface area contributed by atoms with E-state index >= 15 is 0 Å². The van der Waals surface area contributed by atoms with E-state index in [4.69, 9.17) is 25.4 Å². The van der Waals surface area contributed by atoms with Gasteiger partial charge in [0.2, 0.25) is 0 Å². The molecule has 0 spiro atoms. The fourth-order valence-electron chi connectivity index (χ4n) is 4.10. The van der Waals surface area contributed by atoms with Crippen LogP contribution in [-0.2, 0) is 19.1 Å². The van der Waals surface area contributed by atoms with Gasteiger partial charge in [-0.25, -0.2) is 0 Å². The molecule has 0 saturated heterocycles. The summed E-state index contributed by atoms with van der Waals surface area (Å²) in [5.41, 5.74) is 1.70. The molecule has 38 heavy (non-hydrogen) atoms. The Morgan fingerprint density at radius 1 is 0.895 bits per heavy atom. The molecule has 9 heteroatoms. The van der Waals surface area contributed by atoms with Gasteiger partial charge in [0.1, 0.15) is 6.54 Å². The molecule has 3 rings (SSSR count). The molecule has 0 N–H and O–H groups in total. The molecule has 1 unspecified atom stereocenters. The minimum absolute atomic E-state index is 0.00562. The summed E-state index contributed by atoms with van der Waals surface area (Å²) in [6.45, 7) is 2.26. The number of esters is 2. The van der Waals surface area contributed by atoms with Crippen LogP contribution in [-0.4, -0.2) is 59.5 Å². The van der Waals surface area contributed by atoms with Crippen LogP contribution in [0.2, 0.25) is 0 Å². The fourth-order valence-corrected chi connectivity index (χ4v) is 5.07. The van der Waals surface area contributed by atoms with Crippen molar-refractivity contribution in [2.45, 2.75) is 24.3 Å². The minimum atomic E-state index is -0.383. The number of hydrogen-bond donors (Lipinski definition) is 0. The van der Waals surface area contributed by atoms with Crippen LogP contribution in [0.4, 0.5) is 11.4 Å². The molecule has 0 saturated carbocycles. The predicted octanol–water partition coefficient (Wildman–Crippen LogP) is 4.93. The van der Waals surface area contributed by atoms with Crippen molar-refractivity contribution in [3.05, 3.63) is 54.6 Å². The van der Waals surface area contributed by atoms with Gasteiger partial charge in [-0.3, -0.25) is 9.59 Å². The number of carbonyl (C=O) groups excluding carboxylic acids is 2. The molecular weight excluding hydrogens is 504 g/mol. The Labute approximate surface area is 227 Å². The summed E-state index contributed by atoms with van der Waals surface area (Å²) in [5.74, 6) is 3.21. The molecule has 3 aromatic rings. The van der Waals surface area contributed by atoms with Crippen molar-refractivity contribution in [1.82, 2.24) is 0 Å². The van der Waals surface area contributed by atoms with Gasteiger partial charge in [-0.05, 0) is 49.2 Å². The third-order valence-electron chi connectivity index (χ3n) is 6.01. The van der Waals surface area contributed by atoms with E-state index in [9.17, 15) is 9.59 Å². The zero-order valence-corrected chi connectivity index (χ0v) is 23.0. The highest BCUT2D eigenvalue weighted by Crippen LogP contribution is 2.40. The zero-order chi connectivity index (χ0) is 27.7. The van der Waals surface area contributed by atoms with Crippen molar-refractivity contribution < 1.29 is 28.5 Å². The molecule has 0 fully saturated rings. The van der Waals surface area contributed by atoms with Crippen molar-refractivity contribution in [2.75, 3.05) is 50.7 Å². The Kier molecular flexibility index (Phi) is 10.1. The van der Waals surface area contributed by atoms with E-state index in [0.717, 1.165) is 27.0 Å². The zero-order valence-electron chi connectivity index (χ0n) is 22.2. The first-order valence-corrected chi connectivity index (χ1v) is 12.7. The summed E-state index contributed by atoms with van der Waals surface area (Å²) >= 11 is 1.38. The Hall–Kier alpha value is -4.03. The van der Waals surface area contributed by atoms with Gasteiger partial charge < -0.3 is 28.2 Å². The smallest absolute Gasteiger partial charge is 0.326 e. The topological polar surface area (TPSA) is 77.5 Å². The molecule has 8 nitrogen and oxygen atoms in total. The van der Waals surface area contributed by atoms with Crippen molar-refractivity contribution in [3.8, 4) is 23.8 Å². The average Bonchev–Trinajstić information content (AvgIpc) is 2.94. The second kappa shape index (κ2) is 13.5.